The maximum absolute atomic E-state index is 11.5. The molecule has 1 unspecified atom stereocenters. The van der Waals surface area contributed by atoms with E-state index in [0.717, 1.165) is 5.01 Å². The zero-order chi connectivity index (χ0) is 10.6. The van der Waals surface area contributed by atoms with E-state index in [9.17, 15) is 4.79 Å². The molecule has 1 rings (SSSR count). The predicted molar refractivity (Wildman–Crippen MR) is 55.5 cm³/mol. The first-order chi connectivity index (χ1) is 6.63. The fraction of sp³-hybridized carbons (Fsp3) is 0.556. The minimum absolute atomic E-state index is 0.0190. The Balaban J connectivity index is 2.50. The Labute approximate surface area is 87.0 Å². The second-order valence-corrected chi connectivity index (χ2v) is 4.20. The minimum atomic E-state index is -0.171. The van der Waals surface area contributed by atoms with Gasteiger partial charge in [0.05, 0.1) is 5.01 Å². The summed E-state index contributed by atoms with van der Waals surface area (Å²) in [6, 6.07) is -0.0190. The van der Waals surface area contributed by atoms with Crippen LogP contribution in [-0.2, 0) is 0 Å². The molecule has 1 aromatic heterocycles. The number of hydrogen-bond donors (Lipinski definition) is 2. The Morgan fingerprint density at radius 3 is 3.00 bits per heavy atom. The number of aryl methyl sites for hydroxylation is 1. The van der Waals surface area contributed by atoms with Crippen LogP contribution >= 0.6 is 11.3 Å². The number of amides is 1. The van der Waals surface area contributed by atoms with Crippen molar-refractivity contribution in [3.05, 3.63) is 16.1 Å². The standard InChI is InChI=1S/C9H14N2O2S/c1-6(3-4-12)10-9(13)8-5-14-7(2)11-8/h5-6,12H,3-4H2,1-2H3,(H,10,13). The third kappa shape index (κ3) is 3.08. The quantitative estimate of drug-likeness (QED) is 0.784. The number of carbonyl (C=O) groups is 1. The number of carbonyl (C=O) groups excluding carboxylic acids is 1. The average molecular weight is 214 g/mol. The molecule has 4 nitrogen and oxygen atoms in total. The zero-order valence-corrected chi connectivity index (χ0v) is 9.10. The van der Waals surface area contributed by atoms with Crippen molar-refractivity contribution < 1.29 is 9.90 Å². The zero-order valence-electron chi connectivity index (χ0n) is 8.28. The number of nitrogens with zero attached hydrogens (tertiary/aromatic N) is 1. The summed E-state index contributed by atoms with van der Waals surface area (Å²) in [4.78, 5) is 15.6. The van der Waals surface area contributed by atoms with E-state index in [2.05, 4.69) is 10.3 Å². The summed E-state index contributed by atoms with van der Waals surface area (Å²) >= 11 is 1.45. The first-order valence-electron chi connectivity index (χ1n) is 4.47. The molecule has 1 amide bonds. The highest BCUT2D eigenvalue weighted by Crippen LogP contribution is 2.07. The van der Waals surface area contributed by atoms with Crippen molar-refractivity contribution in [3.8, 4) is 0 Å². The van der Waals surface area contributed by atoms with Gasteiger partial charge in [-0.1, -0.05) is 0 Å². The van der Waals surface area contributed by atoms with E-state index >= 15 is 0 Å². The van der Waals surface area contributed by atoms with Gasteiger partial charge in [-0.15, -0.1) is 11.3 Å². The molecule has 0 saturated carbocycles. The van der Waals surface area contributed by atoms with Gasteiger partial charge in [0.25, 0.3) is 5.91 Å². The van der Waals surface area contributed by atoms with Crippen molar-refractivity contribution >= 4 is 17.2 Å². The van der Waals surface area contributed by atoms with Gasteiger partial charge in [-0.2, -0.15) is 0 Å². The smallest absolute Gasteiger partial charge is 0.270 e. The number of hydrogen-bond acceptors (Lipinski definition) is 4. The lowest BCUT2D eigenvalue weighted by Crippen LogP contribution is -2.33. The number of aromatic nitrogens is 1. The summed E-state index contributed by atoms with van der Waals surface area (Å²) < 4.78 is 0. The fourth-order valence-corrected chi connectivity index (χ4v) is 1.62. The maximum atomic E-state index is 11.5. The molecule has 0 fully saturated rings. The van der Waals surface area contributed by atoms with E-state index in [1.807, 2.05) is 13.8 Å². The maximum Gasteiger partial charge on any atom is 0.270 e. The molecule has 1 heterocycles. The van der Waals surface area contributed by atoms with Gasteiger partial charge in [0.15, 0.2) is 0 Å². The fourth-order valence-electron chi connectivity index (χ4n) is 1.03. The Morgan fingerprint density at radius 1 is 1.79 bits per heavy atom. The van der Waals surface area contributed by atoms with Crippen LogP contribution in [-0.4, -0.2) is 28.6 Å². The van der Waals surface area contributed by atoms with Crippen LogP contribution in [0.3, 0.4) is 0 Å². The molecule has 0 spiro atoms. The molecule has 0 aliphatic rings. The number of rotatable bonds is 4. The molecule has 14 heavy (non-hydrogen) atoms. The Morgan fingerprint density at radius 2 is 2.50 bits per heavy atom. The highest BCUT2D eigenvalue weighted by atomic mass is 32.1. The molecular formula is C9H14N2O2S. The normalized spacial score (nSPS) is 12.5. The van der Waals surface area contributed by atoms with E-state index in [1.165, 1.54) is 11.3 Å². The van der Waals surface area contributed by atoms with Gasteiger partial charge in [0.1, 0.15) is 5.69 Å². The van der Waals surface area contributed by atoms with Crippen LogP contribution in [0.5, 0.6) is 0 Å². The lowest BCUT2D eigenvalue weighted by atomic mass is 10.2. The first-order valence-corrected chi connectivity index (χ1v) is 5.35. The van der Waals surface area contributed by atoms with Gasteiger partial charge in [-0.05, 0) is 20.3 Å². The van der Waals surface area contributed by atoms with Crippen molar-refractivity contribution in [2.75, 3.05) is 6.61 Å². The number of aliphatic hydroxyl groups excluding tert-OH is 1. The van der Waals surface area contributed by atoms with E-state index in [1.54, 1.807) is 5.38 Å². The molecule has 1 atom stereocenters. The van der Waals surface area contributed by atoms with Crippen molar-refractivity contribution in [3.63, 3.8) is 0 Å². The van der Waals surface area contributed by atoms with Crippen LogP contribution in [0.25, 0.3) is 0 Å². The molecule has 0 aliphatic heterocycles. The Bertz CT molecular complexity index is 312. The average Bonchev–Trinajstić information content (AvgIpc) is 2.52. The predicted octanol–water partition coefficient (Wildman–Crippen LogP) is 0.952. The SMILES string of the molecule is Cc1nc(C(=O)NC(C)CCO)cs1. The molecule has 2 N–H and O–H groups in total. The molecular weight excluding hydrogens is 200 g/mol. The van der Waals surface area contributed by atoms with Gasteiger partial charge in [-0.25, -0.2) is 4.98 Å². The van der Waals surface area contributed by atoms with Gasteiger partial charge in [0, 0.05) is 18.0 Å². The van der Waals surface area contributed by atoms with Gasteiger partial charge in [0.2, 0.25) is 0 Å². The molecule has 5 heteroatoms. The molecule has 78 valence electrons. The van der Waals surface area contributed by atoms with Crippen LogP contribution in [0.2, 0.25) is 0 Å². The molecule has 0 bridgehead atoms. The van der Waals surface area contributed by atoms with Crippen LogP contribution in [0, 0.1) is 6.92 Å². The van der Waals surface area contributed by atoms with E-state index in [0.29, 0.717) is 12.1 Å². The Kier molecular flexibility index (Phi) is 4.03. The summed E-state index contributed by atoms with van der Waals surface area (Å²) in [5.74, 6) is -0.171. The monoisotopic (exact) mass is 214 g/mol. The molecule has 0 aliphatic carbocycles. The first kappa shape index (κ1) is 11.1. The summed E-state index contributed by atoms with van der Waals surface area (Å²) in [5.41, 5.74) is 0.456. The molecule has 0 radical (unpaired) electrons. The minimum Gasteiger partial charge on any atom is -0.396 e. The second-order valence-electron chi connectivity index (χ2n) is 3.14. The van der Waals surface area contributed by atoms with E-state index in [4.69, 9.17) is 5.11 Å². The third-order valence-electron chi connectivity index (χ3n) is 1.79. The number of nitrogens with one attached hydrogen (secondary N) is 1. The largest absolute Gasteiger partial charge is 0.396 e. The lowest BCUT2D eigenvalue weighted by molar-refractivity contribution is 0.0930. The highest BCUT2D eigenvalue weighted by Gasteiger charge is 2.11. The van der Waals surface area contributed by atoms with Crippen molar-refractivity contribution in [2.45, 2.75) is 26.3 Å². The highest BCUT2D eigenvalue weighted by molar-refractivity contribution is 7.09. The summed E-state index contributed by atoms with van der Waals surface area (Å²) in [6.07, 6.45) is 0.564. The van der Waals surface area contributed by atoms with E-state index < -0.39 is 0 Å². The summed E-state index contributed by atoms with van der Waals surface area (Å²) in [7, 11) is 0. The van der Waals surface area contributed by atoms with Crippen molar-refractivity contribution in [1.29, 1.82) is 0 Å². The number of aliphatic hydroxyl groups is 1. The van der Waals surface area contributed by atoms with Gasteiger partial charge >= 0.3 is 0 Å². The second kappa shape index (κ2) is 5.07. The van der Waals surface area contributed by atoms with Crippen LogP contribution in [0.15, 0.2) is 5.38 Å². The lowest BCUT2D eigenvalue weighted by Gasteiger charge is -2.10. The molecule has 1 aromatic rings. The topological polar surface area (TPSA) is 62.2 Å². The summed E-state index contributed by atoms with van der Waals surface area (Å²) in [6.45, 7) is 3.80. The van der Waals surface area contributed by atoms with Crippen molar-refractivity contribution in [1.82, 2.24) is 10.3 Å². The number of thiazole rings is 1. The van der Waals surface area contributed by atoms with Crippen LogP contribution in [0.1, 0.15) is 28.8 Å². The Hall–Kier alpha value is -0.940. The summed E-state index contributed by atoms with van der Waals surface area (Å²) in [5, 5.41) is 14.0. The van der Waals surface area contributed by atoms with Crippen LogP contribution < -0.4 is 5.32 Å². The molecule has 0 aromatic carbocycles. The molecule has 0 saturated heterocycles. The van der Waals surface area contributed by atoms with Gasteiger partial charge in [-0.3, -0.25) is 4.79 Å². The van der Waals surface area contributed by atoms with Crippen molar-refractivity contribution in [2.24, 2.45) is 0 Å². The third-order valence-corrected chi connectivity index (χ3v) is 2.56. The van der Waals surface area contributed by atoms with Gasteiger partial charge < -0.3 is 10.4 Å². The van der Waals surface area contributed by atoms with E-state index in [-0.39, 0.29) is 18.6 Å². The van der Waals surface area contributed by atoms with Crippen LogP contribution in [0.4, 0.5) is 0 Å².